The van der Waals surface area contributed by atoms with Gasteiger partial charge in [-0.2, -0.15) is 5.10 Å². The van der Waals surface area contributed by atoms with Crippen LogP contribution in [0.2, 0.25) is 0 Å². The Balaban J connectivity index is 2.22. The van der Waals surface area contributed by atoms with E-state index in [1.807, 2.05) is 27.0 Å². The second kappa shape index (κ2) is 5.36. The monoisotopic (exact) mass is 261 g/mol. The van der Waals surface area contributed by atoms with Gasteiger partial charge in [-0.05, 0) is 26.0 Å². The normalized spacial score (nSPS) is 12.6. The molecule has 6 heteroatoms. The van der Waals surface area contributed by atoms with Gasteiger partial charge in [-0.25, -0.2) is 4.98 Å². The van der Waals surface area contributed by atoms with Crippen molar-refractivity contribution in [3.8, 4) is 0 Å². The van der Waals surface area contributed by atoms with E-state index in [9.17, 15) is 4.79 Å². The molecule has 0 saturated heterocycles. The standard InChI is InChI=1S/C13H19N5O/c1-8(4-5-14)13(19)16-10-6-11-9(2)17-18(3)12(11)15-7-10/h6-8H,4-5,14H2,1-3H3,(H,16,19). The fourth-order valence-corrected chi connectivity index (χ4v) is 2.02. The van der Waals surface area contributed by atoms with Crippen LogP contribution in [0.4, 0.5) is 5.69 Å². The zero-order valence-corrected chi connectivity index (χ0v) is 11.5. The number of carbonyl (C=O) groups excluding carboxylic acids is 1. The number of hydrogen-bond donors (Lipinski definition) is 2. The SMILES string of the molecule is Cc1nn(C)c2ncc(NC(=O)C(C)CCN)cc12. The van der Waals surface area contributed by atoms with Crippen LogP contribution in [0.3, 0.4) is 0 Å². The number of rotatable bonds is 4. The Morgan fingerprint density at radius 2 is 2.32 bits per heavy atom. The molecule has 3 N–H and O–H groups in total. The van der Waals surface area contributed by atoms with Gasteiger partial charge in [-0.1, -0.05) is 6.92 Å². The fraction of sp³-hybridized carbons (Fsp3) is 0.462. The van der Waals surface area contributed by atoms with Crippen LogP contribution in [0.1, 0.15) is 19.0 Å². The summed E-state index contributed by atoms with van der Waals surface area (Å²) in [7, 11) is 1.85. The van der Waals surface area contributed by atoms with E-state index < -0.39 is 0 Å². The van der Waals surface area contributed by atoms with E-state index in [-0.39, 0.29) is 11.8 Å². The number of nitrogens with one attached hydrogen (secondary N) is 1. The maximum absolute atomic E-state index is 11.9. The highest BCUT2D eigenvalue weighted by Gasteiger charge is 2.13. The second-order valence-corrected chi connectivity index (χ2v) is 4.77. The molecule has 0 saturated carbocycles. The Bertz CT molecular complexity index is 604. The molecule has 0 aliphatic rings. The van der Waals surface area contributed by atoms with Crippen LogP contribution in [0.5, 0.6) is 0 Å². The van der Waals surface area contributed by atoms with Crippen molar-refractivity contribution in [2.45, 2.75) is 20.3 Å². The third-order valence-corrected chi connectivity index (χ3v) is 3.18. The van der Waals surface area contributed by atoms with E-state index >= 15 is 0 Å². The lowest BCUT2D eigenvalue weighted by Crippen LogP contribution is -2.22. The molecule has 102 valence electrons. The van der Waals surface area contributed by atoms with Gasteiger partial charge in [0, 0.05) is 18.4 Å². The molecule has 1 atom stereocenters. The van der Waals surface area contributed by atoms with Crippen molar-refractivity contribution in [3.05, 3.63) is 18.0 Å². The smallest absolute Gasteiger partial charge is 0.227 e. The van der Waals surface area contributed by atoms with Crippen LogP contribution in [-0.2, 0) is 11.8 Å². The van der Waals surface area contributed by atoms with E-state index in [1.54, 1.807) is 10.9 Å². The molecule has 1 unspecified atom stereocenters. The summed E-state index contributed by atoms with van der Waals surface area (Å²) in [6, 6.07) is 1.90. The summed E-state index contributed by atoms with van der Waals surface area (Å²) >= 11 is 0. The van der Waals surface area contributed by atoms with Crippen molar-refractivity contribution >= 4 is 22.6 Å². The van der Waals surface area contributed by atoms with Crippen molar-refractivity contribution in [2.75, 3.05) is 11.9 Å². The Hall–Kier alpha value is -1.95. The minimum absolute atomic E-state index is 0.0341. The average Bonchev–Trinajstić information content (AvgIpc) is 2.65. The third kappa shape index (κ3) is 2.73. The lowest BCUT2D eigenvalue weighted by molar-refractivity contribution is -0.119. The summed E-state index contributed by atoms with van der Waals surface area (Å²) < 4.78 is 1.73. The lowest BCUT2D eigenvalue weighted by atomic mass is 10.1. The highest BCUT2D eigenvalue weighted by Crippen LogP contribution is 2.19. The Morgan fingerprint density at radius 3 is 3.00 bits per heavy atom. The van der Waals surface area contributed by atoms with E-state index in [0.717, 1.165) is 16.7 Å². The number of nitrogens with two attached hydrogens (primary N) is 1. The average molecular weight is 261 g/mol. The van der Waals surface area contributed by atoms with Crippen LogP contribution in [0.15, 0.2) is 12.3 Å². The highest BCUT2D eigenvalue weighted by atomic mass is 16.1. The molecule has 2 aromatic heterocycles. The molecule has 19 heavy (non-hydrogen) atoms. The van der Waals surface area contributed by atoms with Gasteiger partial charge in [0.05, 0.1) is 17.6 Å². The van der Waals surface area contributed by atoms with E-state index in [2.05, 4.69) is 15.4 Å². The maximum atomic E-state index is 11.9. The molecule has 0 aliphatic heterocycles. The molecule has 2 heterocycles. The fourth-order valence-electron chi connectivity index (χ4n) is 2.02. The first-order valence-corrected chi connectivity index (χ1v) is 6.33. The first-order chi connectivity index (χ1) is 9.02. The Morgan fingerprint density at radius 1 is 1.58 bits per heavy atom. The molecule has 0 aliphatic carbocycles. The summed E-state index contributed by atoms with van der Waals surface area (Å²) in [4.78, 5) is 16.2. The predicted octanol–water partition coefficient (Wildman–Crippen LogP) is 1.20. The van der Waals surface area contributed by atoms with Crippen LogP contribution in [0.25, 0.3) is 11.0 Å². The van der Waals surface area contributed by atoms with Crippen LogP contribution >= 0.6 is 0 Å². The predicted molar refractivity (Wildman–Crippen MR) is 74.7 cm³/mol. The van der Waals surface area contributed by atoms with Crippen molar-refractivity contribution in [3.63, 3.8) is 0 Å². The van der Waals surface area contributed by atoms with E-state index in [0.29, 0.717) is 18.7 Å². The first-order valence-electron chi connectivity index (χ1n) is 6.33. The van der Waals surface area contributed by atoms with Crippen LogP contribution < -0.4 is 11.1 Å². The number of aromatic nitrogens is 3. The minimum atomic E-state index is -0.101. The number of anilines is 1. The number of aryl methyl sites for hydroxylation is 2. The van der Waals surface area contributed by atoms with Gasteiger partial charge < -0.3 is 11.1 Å². The van der Waals surface area contributed by atoms with Crippen LogP contribution in [0, 0.1) is 12.8 Å². The molecule has 0 aromatic carbocycles. The molecule has 2 rings (SSSR count). The molecule has 0 radical (unpaired) electrons. The van der Waals surface area contributed by atoms with Gasteiger partial charge in [-0.15, -0.1) is 0 Å². The largest absolute Gasteiger partial charge is 0.330 e. The van der Waals surface area contributed by atoms with Gasteiger partial charge in [0.1, 0.15) is 0 Å². The number of amides is 1. The summed E-state index contributed by atoms with van der Waals surface area (Å²) in [5.41, 5.74) is 7.86. The van der Waals surface area contributed by atoms with E-state index in [1.165, 1.54) is 0 Å². The summed E-state index contributed by atoms with van der Waals surface area (Å²) in [5.74, 6) is -0.135. The number of nitrogens with zero attached hydrogens (tertiary/aromatic N) is 3. The minimum Gasteiger partial charge on any atom is -0.330 e. The molecular weight excluding hydrogens is 242 g/mol. The molecule has 2 aromatic rings. The van der Waals surface area contributed by atoms with Crippen LogP contribution in [-0.4, -0.2) is 27.2 Å². The lowest BCUT2D eigenvalue weighted by Gasteiger charge is -2.10. The van der Waals surface area contributed by atoms with Crippen molar-refractivity contribution in [1.29, 1.82) is 0 Å². The van der Waals surface area contributed by atoms with Gasteiger partial charge in [0.25, 0.3) is 0 Å². The second-order valence-electron chi connectivity index (χ2n) is 4.77. The van der Waals surface area contributed by atoms with Gasteiger partial charge in [-0.3, -0.25) is 9.48 Å². The van der Waals surface area contributed by atoms with Gasteiger partial charge >= 0.3 is 0 Å². The summed E-state index contributed by atoms with van der Waals surface area (Å²) in [6.07, 6.45) is 2.32. The number of carbonyl (C=O) groups is 1. The Labute approximate surface area is 112 Å². The first kappa shape index (κ1) is 13.5. The Kier molecular flexibility index (Phi) is 3.80. The van der Waals surface area contributed by atoms with E-state index in [4.69, 9.17) is 5.73 Å². The number of hydrogen-bond acceptors (Lipinski definition) is 4. The zero-order valence-electron chi connectivity index (χ0n) is 11.5. The summed E-state index contributed by atoms with van der Waals surface area (Å²) in [6.45, 7) is 4.30. The summed E-state index contributed by atoms with van der Waals surface area (Å²) in [5, 5.41) is 8.11. The van der Waals surface area contributed by atoms with Gasteiger partial charge in [0.2, 0.25) is 5.91 Å². The number of pyridine rings is 1. The number of fused-ring (bicyclic) bond motifs is 1. The van der Waals surface area contributed by atoms with Crippen molar-refractivity contribution in [2.24, 2.45) is 18.7 Å². The molecule has 0 bridgehead atoms. The maximum Gasteiger partial charge on any atom is 0.227 e. The topological polar surface area (TPSA) is 85.8 Å². The van der Waals surface area contributed by atoms with Crippen molar-refractivity contribution < 1.29 is 4.79 Å². The molecule has 0 spiro atoms. The molecule has 1 amide bonds. The van der Waals surface area contributed by atoms with Crippen molar-refractivity contribution in [1.82, 2.24) is 14.8 Å². The quantitative estimate of drug-likeness (QED) is 0.866. The molecular formula is C13H19N5O. The highest BCUT2D eigenvalue weighted by molar-refractivity contribution is 5.94. The molecule has 6 nitrogen and oxygen atoms in total. The zero-order chi connectivity index (χ0) is 14.0. The molecule has 0 fully saturated rings. The third-order valence-electron chi connectivity index (χ3n) is 3.18. The van der Waals surface area contributed by atoms with Gasteiger partial charge in [0.15, 0.2) is 5.65 Å².